The van der Waals surface area contributed by atoms with Crippen molar-refractivity contribution in [3.63, 3.8) is 0 Å². The first-order valence-electron chi connectivity index (χ1n) is 9.21. The number of hydrogen-bond donors (Lipinski definition) is 1. The number of rotatable bonds is 5. The molecule has 134 valence electrons. The van der Waals surface area contributed by atoms with Crippen LogP contribution in [0.4, 0.5) is 0 Å². The largest absolute Gasteiger partial charge is 0.465 e. The van der Waals surface area contributed by atoms with Crippen molar-refractivity contribution < 1.29 is 13.9 Å². The zero-order valence-corrected chi connectivity index (χ0v) is 15.0. The average Bonchev–Trinajstić information content (AvgIpc) is 2.95. The van der Waals surface area contributed by atoms with E-state index >= 15 is 0 Å². The third-order valence-corrected chi connectivity index (χ3v) is 5.46. The standard InChI is InChI=1S/C19H30N2O3/c1-15-3-4-18(24-15)14-21-10-7-19(8-11-21)13-17(6-12-23-19)5-9-20-16(2)22/h3-4,17H,5-14H2,1-2H3,(H,20,22). The van der Waals surface area contributed by atoms with Gasteiger partial charge < -0.3 is 14.5 Å². The van der Waals surface area contributed by atoms with E-state index < -0.39 is 0 Å². The molecule has 1 aromatic rings. The highest BCUT2D eigenvalue weighted by Gasteiger charge is 2.40. The Bertz CT molecular complexity index is 547. The molecule has 0 radical (unpaired) electrons. The summed E-state index contributed by atoms with van der Waals surface area (Å²) in [5.74, 6) is 2.78. The summed E-state index contributed by atoms with van der Waals surface area (Å²) in [6.07, 6.45) is 5.53. The van der Waals surface area contributed by atoms with E-state index in [2.05, 4.69) is 16.3 Å². The molecule has 2 aliphatic rings. The summed E-state index contributed by atoms with van der Waals surface area (Å²) >= 11 is 0. The molecule has 0 bridgehead atoms. The van der Waals surface area contributed by atoms with Gasteiger partial charge in [0.2, 0.25) is 5.91 Å². The highest BCUT2D eigenvalue weighted by molar-refractivity contribution is 5.72. The van der Waals surface area contributed by atoms with E-state index in [-0.39, 0.29) is 11.5 Å². The van der Waals surface area contributed by atoms with Crippen LogP contribution in [0.5, 0.6) is 0 Å². The minimum Gasteiger partial charge on any atom is -0.465 e. The number of carbonyl (C=O) groups is 1. The first-order valence-corrected chi connectivity index (χ1v) is 9.21. The predicted molar refractivity (Wildman–Crippen MR) is 92.7 cm³/mol. The van der Waals surface area contributed by atoms with E-state index in [4.69, 9.17) is 9.15 Å². The topological polar surface area (TPSA) is 54.7 Å². The highest BCUT2D eigenvalue weighted by atomic mass is 16.5. The molecule has 2 saturated heterocycles. The first kappa shape index (κ1) is 17.5. The van der Waals surface area contributed by atoms with Gasteiger partial charge in [-0.25, -0.2) is 0 Å². The third kappa shape index (κ3) is 4.61. The molecule has 3 rings (SSSR count). The number of piperidine rings is 1. The van der Waals surface area contributed by atoms with Crippen molar-refractivity contribution >= 4 is 5.91 Å². The van der Waals surface area contributed by atoms with Crippen LogP contribution in [-0.4, -0.2) is 42.6 Å². The van der Waals surface area contributed by atoms with Gasteiger partial charge in [-0.3, -0.25) is 9.69 Å². The van der Waals surface area contributed by atoms with E-state index in [0.29, 0.717) is 5.92 Å². The van der Waals surface area contributed by atoms with E-state index in [1.165, 1.54) is 0 Å². The summed E-state index contributed by atoms with van der Waals surface area (Å²) in [6, 6.07) is 4.11. The van der Waals surface area contributed by atoms with Crippen molar-refractivity contribution in [2.24, 2.45) is 5.92 Å². The fourth-order valence-electron chi connectivity index (χ4n) is 4.09. The second-order valence-corrected chi connectivity index (χ2v) is 7.45. The number of nitrogens with one attached hydrogen (secondary N) is 1. The van der Waals surface area contributed by atoms with Gasteiger partial charge in [0.05, 0.1) is 12.1 Å². The molecule has 24 heavy (non-hydrogen) atoms. The molecule has 0 aromatic carbocycles. The lowest BCUT2D eigenvalue weighted by Crippen LogP contribution is -2.49. The summed E-state index contributed by atoms with van der Waals surface area (Å²) in [5, 5.41) is 2.92. The lowest BCUT2D eigenvalue weighted by molar-refractivity contribution is -0.129. The number of nitrogens with zero attached hydrogens (tertiary/aromatic N) is 1. The Morgan fingerprint density at radius 3 is 2.83 bits per heavy atom. The summed E-state index contributed by atoms with van der Waals surface area (Å²) < 4.78 is 11.9. The fraction of sp³-hybridized carbons (Fsp3) is 0.737. The van der Waals surface area contributed by atoms with Crippen molar-refractivity contribution in [3.05, 3.63) is 23.7 Å². The molecule has 5 heteroatoms. The van der Waals surface area contributed by atoms with Crippen LogP contribution in [0.15, 0.2) is 16.5 Å². The number of carbonyl (C=O) groups excluding carboxylic acids is 1. The van der Waals surface area contributed by atoms with E-state index in [0.717, 1.165) is 76.4 Å². The van der Waals surface area contributed by atoms with Gasteiger partial charge in [0.1, 0.15) is 11.5 Å². The van der Waals surface area contributed by atoms with Crippen LogP contribution in [-0.2, 0) is 16.1 Å². The van der Waals surface area contributed by atoms with Crippen molar-refractivity contribution in [1.82, 2.24) is 10.2 Å². The Labute approximate surface area is 144 Å². The van der Waals surface area contributed by atoms with E-state index in [9.17, 15) is 4.79 Å². The van der Waals surface area contributed by atoms with Crippen molar-refractivity contribution in [1.29, 1.82) is 0 Å². The molecule has 3 heterocycles. The van der Waals surface area contributed by atoms with Crippen LogP contribution >= 0.6 is 0 Å². The number of hydrogen-bond acceptors (Lipinski definition) is 4. The van der Waals surface area contributed by atoms with Crippen LogP contribution in [0, 0.1) is 12.8 Å². The van der Waals surface area contributed by atoms with Crippen LogP contribution in [0.25, 0.3) is 0 Å². The second kappa shape index (κ2) is 7.70. The van der Waals surface area contributed by atoms with Gasteiger partial charge in [0, 0.05) is 33.2 Å². The number of likely N-dealkylation sites (tertiary alicyclic amines) is 1. The average molecular weight is 334 g/mol. The SMILES string of the molecule is CC(=O)NCCC1CCOC2(CCN(Cc3ccc(C)o3)CC2)C1. The molecule has 0 aliphatic carbocycles. The molecule has 5 nitrogen and oxygen atoms in total. The van der Waals surface area contributed by atoms with Gasteiger partial charge in [0.15, 0.2) is 0 Å². The Morgan fingerprint density at radius 1 is 1.38 bits per heavy atom. The monoisotopic (exact) mass is 334 g/mol. The minimum absolute atomic E-state index is 0.0642. The fourth-order valence-corrected chi connectivity index (χ4v) is 4.09. The normalized spacial score (nSPS) is 24.2. The Balaban J connectivity index is 1.46. The number of furan rings is 1. The van der Waals surface area contributed by atoms with Crippen LogP contribution in [0.1, 0.15) is 50.5 Å². The molecule has 1 amide bonds. The van der Waals surface area contributed by atoms with Gasteiger partial charge >= 0.3 is 0 Å². The first-order chi connectivity index (χ1) is 11.5. The van der Waals surface area contributed by atoms with Gasteiger partial charge in [-0.05, 0) is 57.1 Å². The van der Waals surface area contributed by atoms with Gasteiger partial charge in [0.25, 0.3) is 0 Å². The maximum atomic E-state index is 11.0. The minimum atomic E-state index is 0.0642. The van der Waals surface area contributed by atoms with Crippen LogP contribution < -0.4 is 5.32 Å². The zero-order valence-electron chi connectivity index (χ0n) is 15.0. The molecule has 1 spiro atoms. The second-order valence-electron chi connectivity index (χ2n) is 7.45. The van der Waals surface area contributed by atoms with E-state index in [1.807, 2.05) is 13.0 Å². The molecule has 2 fully saturated rings. The smallest absolute Gasteiger partial charge is 0.216 e. The molecule has 0 saturated carbocycles. The quantitative estimate of drug-likeness (QED) is 0.899. The maximum absolute atomic E-state index is 11.0. The van der Waals surface area contributed by atoms with E-state index in [1.54, 1.807) is 6.92 Å². The summed E-state index contributed by atoms with van der Waals surface area (Å²) in [6.45, 7) is 8.27. The van der Waals surface area contributed by atoms with Gasteiger partial charge in [-0.15, -0.1) is 0 Å². The zero-order chi connectivity index (χ0) is 17.0. The van der Waals surface area contributed by atoms with Crippen molar-refractivity contribution in [2.45, 2.75) is 58.1 Å². The Morgan fingerprint density at radius 2 is 2.17 bits per heavy atom. The molecule has 1 atom stereocenters. The number of amides is 1. The van der Waals surface area contributed by atoms with Crippen LogP contribution in [0.3, 0.4) is 0 Å². The summed E-state index contributed by atoms with van der Waals surface area (Å²) in [7, 11) is 0. The lowest BCUT2D eigenvalue weighted by atomic mass is 9.78. The Hall–Kier alpha value is -1.33. The van der Waals surface area contributed by atoms with Gasteiger partial charge in [-0.1, -0.05) is 0 Å². The molecule has 1 aromatic heterocycles. The van der Waals surface area contributed by atoms with Gasteiger partial charge in [-0.2, -0.15) is 0 Å². The van der Waals surface area contributed by atoms with Crippen LogP contribution in [0.2, 0.25) is 0 Å². The predicted octanol–water partition coefficient (Wildman–Crippen LogP) is 2.88. The molecule has 2 aliphatic heterocycles. The molecule has 1 unspecified atom stereocenters. The summed E-state index contributed by atoms with van der Waals surface area (Å²) in [4.78, 5) is 13.5. The molecular formula is C19H30N2O3. The molecule has 1 N–H and O–H groups in total. The third-order valence-electron chi connectivity index (χ3n) is 5.46. The maximum Gasteiger partial charge on any atom is 0.216 e. The highest BCUT2D eigenvalue weighted by Crippen LogP contribution is 2.38. The Kier molecular flexibility index (Phi) is 5.61. The summed E-state index contributed by atoms with van der Waals surface area (Å²) in [5.41, 5.74) is 0.0642. The lowest BCUT2D eigenvalue weighted by Gasteiger charge is -2.46. The van der Waals surface area contributed by atoms with Crippen molar-refractivity contribution in [2.75, 3.05) is 26.2 Å². The number of ether oxygens (including phenoxy) is 1. The molecular weight excluding hydrogens is 304 g/mol. The number of aryl methyl sites for hydroxylation is 1. The van der Waals surface area contributed by atoms with Crippen molar-refractivity contribution in [3.8, 4) is 0 Å².